The number of hydrogen-bond acceptors (Lipinski definition) is 6. The number of piperidine rings is 1. The minimum Gasteiger partial charge on any atom is -0.507 e. The van der Waals surface area contributed by atoms with E-state index >= 15 is 0 Å². The second-order valence-corrected chi connectivity index (χ2v) is 10.3. The molecule has 2 atom stereocenters. The number of hydrogen-bond donors (Lipinski definition) is 1. The van der Waals surface area contributed by atoms with E-state index in [1.54, 1.807) is 22.4 Å². The summed E-state index contributed by atoms with van der Waals surface area (Å²) in [5.41, 5.74) is 2.15. The average Bonchev–Trinajstić information content (AvgIpc) is 3.18. The van der Waals surface area contributed by atoms with Gasteiger partial charge in [-0.15, -0.1) is 10.2 Å². The van der Waals surface area contributed by atoms with Crippen molar-refractivity contribution in [1.29, 1.82) is 0 Å². The number of nitrogens with zero attached hydrogens (tertiary/aromatic N) is 4. The molecule has 5 rings (SSSR count). The van der Waals surface area contributed by atoms with Crippen molar-refractivity contribution >= 4 is 17.5 Å². The molecule has 9 heteroatoms. The van der Waals surface area contributed by atoms with Crippen molar-refractivity contribution in [3.05, 3.63) is 59.2 Å². The third kappa shape index (κ3) is 4.11. The van der Waals surface area contributed by atoms with E-state index in [0.717, 1.165) is 61.1 Å². The summed E-state index contributed by atoms with van der Waals surface area (Å²) in [6.07, 6.45) is 2.11. The highest BCUT2D eigenvalue weighted by atomic mass is 32.2. The van der Waals surface area contributed by atoms with E-state index in [2.05, 4.69) is 15.1 Å². The Morgan fingerprint density at radius 2 is 2.03 bits per heavy atom. The molecule has 2 aromatic carbocycles. The number of phenols is 1. The minimum atomic E-state index is -0.902. The highest BCUT2D eigenvalue weighted by Gasteiger charge is 2.60. The van der Waals surface area contributed by atoms with Gasteiger partial charge in [0, 0.05) is 36.9 Å². The molecule has 2 heterocycles. The average molecular weight is 485 g/mol. The minimum absolute atomic E-state index is 0.0493. The summed E-state index contributed by atoms with van der Waals surface area (Å²) >= 11 is 1.60. The molecule has 0 bridgehead atoms. The molecule has 2 aliphatic rings. The Hall–Kier alpha value is -2.78. The number of rotatable bonds is 8. The number of fused-ring (bicyclic) bond motifs is 1. The van der Waals surface area contributed by atoms with Crippen LogP contribution in [0.2, 0.25) is 0 Å². The number of benzene rings is 2. The molecule has 3 aromatic rings. The standard InChI is InChI=1S/C25H26F2N4O2S/c1-15(32)19-11-17(5-7-22(19)33)25-12-18(25)13-31(14-25)8-3-9-34-24-29-28-23(30(24)2)16-4-6-20(26)21(27)10-16/h4-7,10-11,18,33H,3,8-9,12-14H2,1-2H3/t18-,25?/m0/s1. The second kappa shape index (κ2) is 8.78. The molecule has 1 N–H and O–H groups in total. The van der Waals surface area contributed by atoms with E-state index in [1.807, 2.05) is 19.2 Å². The van der Waals surface area contributed by atoms with Gasteiger partial charge in [0.1, 0.15) is 5.75 Å². The third-order valence-electron chi connectivity index (χ3n) is 7.03. The van der Waals surface area contributed by atoms with E-state index in [1.165, 1.54) is 13.0 Å². The van der Waals surface area contributed by atoms with Gasteiger partial charge in [-0.2, -0.15) is 0 Å². The monoisotopic (exact) mass is 484 g/mol. The molecule has 1 aromatic heterocycles. The quantitative estimate of drug-likeness (QED) is 0.290. The lowest BCUT2D eigenvalue weighted by Crippen LogP contribution is -2.28. The van der Waals surface area contributed by atoms with Crippen LogP contribution in [0.3, 0.4) is 0 Å². The van der Waals surface area contributed by atoms with Crippen LogP contribution in [0.4, 0.5) is 8.78 Å². The van der Waals surface area contributed by atoms with Gasteiger partial charge >= 0.3 is 0 Å². The van der Waals surface area contributed by atoms with Crippen molar-refractivity contribution in [2.75, 3.05) is 25.4 Å². The first kappa shape index (κ1) is 23.0. The first-order valence-electron chi connectivity index (χ1n) is 11.3. The zero-order valence-corrected chi connectivity index (χ0v) is 19.9. The van der Waals surface area contributed by atoms with Crippen molar-refractivity contribution in [2.24, 2.45) is 13.0 Å². The Labute approximate surface area is 201 Å². The van der Waals surface area contributed by atoms with Gasteiger partial charge in [-0.25, -0.2) is 8.78 Å². The fourth-order valence-corrected chi connectivity index (χ4v) is 5.95. The summed E-state index contributed by atoms with van der Waals surface area (Å²) in [7, 11) is 1.82. The highest BCUT2D eigenvalue weighted by molar-refractivity contribution is 7.99. The molecule has 0 amide bonds. The van der Waals surface area contributed by atoms with E-state index in [4.69, 9.17) is 0 Å². The van der Waals surface area contributed by atoms with E-state index in [-0.39, 0.29) is 16.9 Å². The summed E-state index contributed by atoms with van der Waals surface area (Å²) < 4.78 is 28.6. The number of Topliss-reactive ketones (excluding diaryl/α,β-unsaturated/α-hetero) is 1. The zero-order chi connectivity index (χ0) is 24.0. The van der Waals surface area contributed by atoms with Crippen LogP contribution in [0.1, 0.15) is 35.7 Å². The van der Waals surface area contributed by atoms with E-state index in [0.29, 0.717) is 22.9 Å². The fraction of sp³-hybridized carbons (Fsp3) is 0.400. The topological polar surface area (TPSA) is 71.2 Å². The molecule has 0 spiro atoms. The SMILES string of the molecule is CC(=O)c1cc(C23C[C@H]2CN(CCCSc2nnc(-c4ccc(F)c(F)c4)n2C)C3)ccc1O. The fourth-order valence-electron chi connectivity index (χ4n) is 5.11. The van der Waals surface area contributed by atoms with Crippen LogP contribution in [0, 0.1) is 17.6 Å². The first-order chi connectivity index (χ1) is 16.3. The molecule has 2 fully saturated rings. The van der Waals surface area contributed by atoms with Crippen LogP contribution in [0.25, 0.3) is 11.4 Å². The zero-order valence-electron chi connectivity index (χ0n) is 19.1. The molecule has 1 saturated carbocycles. The Kier molecular flexibility index (Phi) is 5.93. The van der Waals surface area contributed by atoms with Crippen LogP contribution in [0.15, 0.2) is 41.6 Å². The predicted octanol–water partition coefficient (Wildman–Crippen LogP) is 4.42. The maximum atomic E-state index is 13.6. The highest BCUT2D eigenvalue weighted by Crippen LogP contribution is 2.59. The third-order valence-corrected chi connectivity index (χ3v) is 8.14. The molecule has 1 aliphatic carbocycles. The molecule has 34 heavy (non-hydrogen) atoms. The Balaban J connectivity index is 1.15. The van der Waals surface area contributed by atoms with Crippen molar-refractivity contribution in [1.82, 2.24) is 19.7 Å². The second-order valence-electron chi connectivity index (χ2n) is 9.28. The maximum Gasteiger partial charge on any atom is 0.191 e. The van der Waals surface area contributed by atoms with Crippen molar-refractivity contribution in [3.8, 4) is 17.1 Å². The number of ketones is 1. The number of likely N-dealkylation sites (tertiary alicyclic amines) is 1. The number of halogens is 2. The number of aromatic nitrogens is 3. The van der Waals surface area contributed by atoms with Crippen molar-refractivity contribution in [2.45, 2.75) is 30.3 Å². The van der Waals surface area contributed by atoms with Gasteiger partial charge < -0.3 is 14.6 Å². The molecule has 178 valence electrons. The summed E-state index contributed by atoms with van der Waals surface area (Å²) in [5, 5.41) is 19.1. The summed E-state index contributed by atoms with van der Waals surface area (Å²) in [5.74, 6) is 0.117. The normalized spacial score (nSPS) is 21.6. The maximum absolute atomic E-state index is 13.6. The number of phenolic OH excluding ortho intramolecular Hbond substituents is 1. The van der Waals surface area contributed by atoms with Gasteiger partial charge in [-0.3, -0.25) is 4.79 Å². The van der Waals surface area contributed by atoms with Gasteiger partial charge in [0.05, 0.1) is 5.56 Å². The Morgan fingerprint density at radius 3 is 2.79 bits per heavy atom. The number of carbonyl (C=O) groups is 1. The number of carbonyl (C=O) groups excluding carboxylic acids is 1. The Bertz CT molecular complexity index is 1260. The van der Waals surface area contributed by atoms with E-state index in [9.17, 15) is 18.7 Å². The van der Waals surface area contributed by atoms with Gasteiger partial charge in [0.15, 0.2) is 28.4 Å². The molecule has 1 aliphatic heterocycles. The van der Waals surface area contributed by atoms with Gasteiger partial charge in [0.2, 0.25) is 0 Å². The lowest BCUT2D eigenvalue weighted by Gasteiger charge is -2.21. The number of aromatic hydroxyl groups is 1. The van der Waals surface area contributed by atoms with Crippen LogP contribution in [-0.4, -0.2) is 55.9 Å². The lowest BCUT2D eigenvalue weighted by molar-refractivity contribution is 0.101. The molecular formula is C25H26F2N4O2S. The molecule has 0 radical (unpaired) electrons. The smallest absolute Gasteiger partial charge is 0.191 e. The summed E-state index contributed by atoms with van der Waals surface area (Å²) in [6, 6.07) is 9.20. The van der Waals surface area contributed by atoms with Crippen LogP contribution >= 0.6 is 11.8 Å². The lowest BCUT2D eigenvalue weighted by atomic mass is 9.92. The van der Waals surface area contributed by atoms with Gasteiger partial charge in [-0.05, 0) is 68.1 Å². The van der Waals surface area contributed by atoms with Crippen LogP contribution in [-0.2, 0) is 12.5 Å². The van der Waals surface area contributed by atoms with Crippen LogP contribution in [0.5, 0.6) is 5.75 Å². The first-order valence-corrected chi connectivity index (χ1v) is 12.3. The predicted molar refractivity (Wildman–Crippen MR) is 126 cm³/mol. The van der Waals surface area contributed by atoms with Crippen molar-refractivity contribution in [3.63, 3.8) is 0 Å². The summed E-state index contributed by atoms with van der Waals surface area (Å²) in [6.45, 7) is 4.47. The molecule has 6 nitrogen and oxygen atoms in total. The van der Waals surface area contributed by atoms with E-state index < -0.39 is 11.6 Å². The molecular weight excluding hydrogens is 458 g/mol. The molecule has 1 unspecified atom stereocenters. The van der Waals surface area contributed by atoms with Gasteiger partial charge in [0.25, 0.3) is 0 Å². The largest absolute Gasteiger partial charge is 0.507 e. The molecule has 1 saturated heterocycles. The van der Waals surface area contributed by atoms with Gasteiger partial charge in [-0.1, -0.05) is 17.8 Å². The number of thioether (sulfide) groups is 1. The van der Waals surface area contributed by atoms with Crippen molar-refractivity contribution < 1.29 is 18.7 Å². The summed E-state index contributed by atoms with van der Waals surface area (Å²) in [4.78, 5) is 14.3. The van der Waals surface area contributed by atoms with Crippen LogP contribution < -0.4 is 0 Å². The Morgan fingerprint density at radius 1 is 1.21 bits per heavy atom.